The van der Waals surface area contributed by atoms with Gasteiger partial charge in [0.25, 0.3) is 0 Å². The van der Waals surface area contributed by atoms with E-state index in [9.17, 15) is 14.4 Å². The molecule has 0 aromatic carbocycles. The molecule has 252 valence electrons. The number of carbonyl (C=O) groups excluding carboxylic acids is 3. The third kappa shape index (κ3) is 5.37. The monoisotopic (exact) mass is 658 g/mol. The van der Waals surface area contributed by atoms with Gasteiger partial charge in [-0.05, 0) is 98.2 Å². The van der Waals surface area contributed by atoms with Crippen LogP contribution in [0.15, 0.2) is 48.6 Å². The second-order valence-electron chi connectivity index (χ2n) is 13.0. The van der Waals surface area contributed by atoms with Crippen molar-refractivity contribution in [2.24, 2.45) is 5.92 Å². The zero-order chi connectivity index (χ0) is 35.2. The number of methoxy groups -OCH3 is 2. The lowest BCUT2D eigenvalue weighted by molar-refractivity contribution is -0.149. The maximum Gasteiger partial charge on any atom is 0.334 e. The average Bonchev–Trinajstić information content (AvgIpc) is 3.74. The molecule has 5 heterocycles. The van der Waals surface area contributed by atoms with Crippen LogP contribution in [0.5, 0.6) is 0 Å². The smallest absolute Gasteiger partial charge is 0.334 e. The lowest BCUT2D eigenvalue weighted by atomic mass is 9.64. The van der Waals surface area contributed by atoms with E-state index in [1.165, 1.54) is 19.8 Å². The van der Waals surface area contributed by atoms with Crippen molar-refractivity contribution in [1.82, 2.24) is 19.9 Å². The highest BCUT2D eigenvalue weighted by Crippen LogP contribution is 2.52. The van der Waals surface area contributed by atoms with Crippen molar-refractivity contribution in [1.29, 1.82) is 0 Å². The topological polar surface area (TPSA) is 127 Å². The van der Waals surface area contributed by atoms with Crippen LogP contribution in [0, 0.1) is 19.8 Å². The first kappa shape index (κ1) is 33.6. The maximum absolute atomic E-state index is 13.6. The zero-order valence-electron chi connectivity index (χ0n) is 29.2. The summed E-state index contributed by atoms with van der Waals surface area (Å²) in [6.07, 6.45) is 8.98. The Labute approximate surface area is 285 Å². The summed E-state index contributed by atoms with van der Waals surface area (Å²) < 4.78 is 10.4. The van der Waals surface area contributed by atoms with E-state index in [1.54, 1.807) is 6.08 Å². The van der Waals surface area contributed by atoms with Gasteiger partial charge in [-0.3, -0.25) is 9.78 Å². The van der Waals surface area contributed by atoms with Gasteiger partial charge in [0.1, 0.15) is 12.2 Å². The van der Waals surface area contributed by atoms with Gasteiger partial charge in [0, 0.05) is 34.1 Å². The van der Waals surface area contributed by atoms with Crippen LogP contribution in [0.25, 0.3) is 44.9 Å². The van der Waals surface area contributed by atoms with Gasteiger partial charge in [-0.15, -0.1) is 0 Å². The number of aldehydes is 1. The fourth-order valence-electron chi connectivity index (χ4n) is 7.58. The quantitative estimate of drug-likeness (QED) is 0.188. The fourth-order valence-corrected chi connectivity index (χ4v) is 7.58. The first-order valence-electron chi connectivity index (χ1n) is 16.6. The highest BCUT2D eigenvalue weighted by molar-refractivity contribution is 6.02. The standard InChI is InChI=1S/C40H42N4O5/c1-9-12-25-22(4)29-17-32-24(10-2)21(3)30(41-32)18-35-28-15-14-27(38(46)48-7)37(39(47)49-8)40(28,6)36(44-35)20-31-23(5)26(13-11-16-45)34(43-31)19-33(25)42-29/h10,14-20,37,41,43H,2,9,11-13H2,1,3-8H3. The Morgan fingerprint density at radius 1 is 0.898 bits per heavy atom. The molecule has 0 saturated heterocycles. The summed E-state index contributed by atoms with van der Waals surface area (Å²) >= 11 is 0. The maximum atomic E-state index is 13.6. The molecule has 0 amide bonds. The van der Waals surface area contributed by atoms with Crippen molar-refractivity contribution in [3.8, 4) is 0 Å². The molecule has 3 aromatic heterocycles. The van der Waals surface area contributed by atoms with Crippen LogP contribution >= 0.6 is 0 Å². The third-order valence-corrected chi connectivity index (χ3v) is 10.3. The molecule has 0 spiro atoms. The van der Waals surface area contributed by atoms with E-state index >= 15 is 0 Å². The fraction of sp³-hybridized carbons (Fsp3) is 0.325. The van der Waals surface area contributed by atoms with Gasteiger partial charge < -0.3 is 24.2 Å². The van der Waals surface area contributed by atoms with Crippen LogP contribution in [-0.4, -0.2) is 52.4 Å². The second-order valence-corrected chi connectivity index (χ2v) is 13.0. The number of rotatable bonds is 8. The molecule has 9 heteroatoms. The zero-order valence-corrected chi connectivity index (χ0v) is 29.2. The molecule has 3 aliphatic rings. The largest absolute Gasteiger partial charge is 0.469 e. The van der Waals surface area contributed by atoms with E-state index in [0.717, 1.165) is 86.0 Å². The minimum absolute atomic E-state index is 0.191. The van der Waals surface area contributed by atoms with Crippen LogP contribution in [0.1, 0.15) is 85.1 Å². The van der Waals surface area contributed by atoms with Crippen LogP contribution in [0.2, 0.25) is 0 Å². The summed E-state index contributed by atoms with van der Waals surface area (Å²) in [5, 5.41) is 0. The van der Waals surface area contributed by atoms with Gasteiger partial charge in [-0.25, -0.2) is 9.78 Å². The number of hydrogen-bond donors (Lipinski definition) is 2. The normalized spacial score (nSPS) is 18.4. The Bertz CT molecular complexity index is 2190. The van der Waals surface area contributed by atoms with Gasteiger partial charge in [0.2, 0.25) is 0 Å². The summed E-state index contributed by atoms with van der Waals surface area (Å²) in [5.74, 6) is -2.20. The molecule has 2 atom stereocenters. The van der Waals surface area contributed by atoms with E-state index in [2.05, 4.69) is 42.5 Å². The number of nitrogens with zero attached hydrogens (tertiary/aromatic N) is 2. The SMILES string of the molecule is C=Cc1c(C)c2cc3nc(cc4[nH]c(cc5nc(cc1[nH]2)C(C)=C5CCC)c(CCC=O)c4C)C1(C)C3=CC=C(C(=O)OC)C1C(=O)OC. The van der Waals surface area contributed by atoms with Crippen LogP contribution in [0.3, 0.4) is 0 Å². The molecule has 0 saturated carbocycles. The summed E-state index contributed by atoms with van der Waals surface area (Å²) in [6.45, 7) is 14.4. The highest BCUT2D eigenvalue weighted by Gasteiger charge is 2.53. The molecular formula is C40H42N4O5. The van der Waals surface area contributed by atoms with Crippen molar-refractivity contribution in [2.45, 2.75) is 65.7 Å². The minimum Gasteiger partial charge on any atom is -0.469 e. The number of esters is 2. The Kier molecular flexibility index (Phi) is 8.88. The Hall–Kier alpha value is -5.31. The number of allylic oxidation sites excluding steroid dienone is 5. The van der Waals surface area contributed by atoms with Gasteiger partial charge in [-0.1, -0.05) is 38.2 Å². The van der Waals surface area contributed by atoms with Crippen molar-refractivity contribution < 1.29 is 23.9 Å². The lowest BCUT2D eigenvalue weighted by Gasteiger charge is -2.36. The molecule has 2 unspecified atom stereocenters. The number of ether oxygens (including phenoxy) is 2. The number of hydrogen-bond acceptors (Lipinski definition) is 7. The lowest BCUT2D eigenvalue weighted by Crippen LogP contribution is -2.42. The average molecular weight is 659 g/mol. The molecule has 0 radical (unpaired) electrons. The van der Waals surface area contributed by atoms with Crippen molar-refractivity contribution in [3.63, 3.8) is 0 Å². The Morgan fingerprint density at radius 3 is 2.27 bits per heavy atom. The second kappa shape index (κ2) is 13.0. The van der Waals surface area contributed by atoms with Crippen LogP contribution in [0.4, 0.5) is 0 Å². The Morgan fingerprint density at radius 2 is 1.59 bits per heavy atom. The molecule has 2 N–H and O–H groups in total. The minimum atomic E-state index is -1.08. The molecule has 3 aromatic rings. The van der Waals surface area contributed by atoms with E-state index in [1.807, 2.05) is 45.1 Å². The summed E-state index contributed by atoms with van der Waals surface area (Å²) in [5.41, 5.74) is 12.5. The van der Waals surface area contributed by atoms with Gasteiger partial charge >= 0.3 is 11.9 Å². The van der Waals surface area contributed by atoms with E-state index in [0.29, 0.717) is 24.2 Å². The number of carbonyl (C=O) groups is 3. The first-order valence-corrected chi connectivity index (χ1v) is 16.6. The van der Waals surface area contributed by atoms with Crippen LogP contribution in [-0.2, 0) is 35.7 Å². The van der Waals surface area contributed by atoms with Crippen LogP contribution < -0.4 is 0 Å². The highest BCUT2D eigenvalue weighted by atomic mass is 16.5. The molecule has 1 aliphatic carbocycles. The van der Waals surface area contributed by atoms with E-state index in [4.69, 9.17) is 19.4 Å². The number of aryl methyl sites for hydroxylation is 3. The first-order chi connectivity index (χ1) is 23.5. The number of fused-ring (bicyclic) bond motifs is 11. The summed E-state index contributed by atoms with van der Waals surface area (Å²) in [4.78, 5) is 55.8. The molecule has 0 fully saturated rings. The molecule has 6 rings (SSSR count). The van der Waals surface area contributed by atoms with Gasteiger partial charge in [0.05, 0.1) is 48.0 Å². The molecular weight excluding hydrogens is 616 g/mol. The van der Waals surface area contributed by atoms with E-state index in [-0.39, 0.29) is 5.57 Å². The predicted octanol–water partition coefficient (Wildman–Crippen LogP) is 7.68. The number of H-pyrrole nitrogens is 2. The molecule has 49 heavy (non-hydrogen) atoms. The Balaban J connectivity index is 1.80. The van der Waals surface area contributed by atoms with Crippen molar-refractivity contribution in [3.05, 3.63) is 93.6 Å². The summed E-state index contributed by atoms with van der Waals surface area (Å²) in [6, 6.07) is 8.08. The molecule has 8 bridgehead atoms. The molecule has 9 nitrogen and oxygen atoms in total. The van der Waals surface area contributed by atoms with Gasteiger partial charge in [-0.2, -0.15) is 0 Å². The third-order valence-electron chi connectivity index (χ3n) is 10.3. The number of aromatic amines is 2. The predicted molar refractivity (Wildman–Crippen MR) is 193 cm³/mol. The van der Waals surface area contributed by atoms with Crippen molar-refractivity contribution >= 4 is 63.1 Å². The van der Waals surface area contributed by atoms with Crippen molar-refractivity contribution in [2.75, 3.05) is 14.2 Å². The van der Waals surface area contributed by atoms with Gasteiger partial charge in [0.15, 0.2) is 0 Å². The summed E-state index contributed by atoms with van der Waals surface area (Å²) in [7, 11) is 2.61. The number of aromatic nitrogens is 4. The van der Waals surface area contributed by atoms with E-state index < -0.39 is 23.3 Å². The molecule has 2 aliphatic heterocycles. The number of nitrogens with one attached hydrogen (secondary N) is 2.